The van der Waals surface area contributed by atoms with E-state index in [-0.39, 0.29) is 12.5 Å². The molecule has 1 fully saturated rings. The van der Waals surface area contributed by atoms with Crippen LogP contribution in [0.25, 0.3) is 0 Å². The second-order valence-electron chi connectivity index (χ2n) is 5.44. The first-order chi connectivity index (χ1) is 9.55. The molecule has 1 saturated carbocycles. The average molecular weight is 318 g/mol. The third-order valence-electron chi connectivity index (χ3n) is 4.08. The molecule has 122 valence electrons. The molecule has 0 aromatic carbocycles. The molecule has 2 atom stereocenters. The van der Waals surface area contributed by atoms with Gasteiger partial charge in [0, 0.05) is 19.1 Å². The molecule has 2 aliphatic rings. The Morgan fingerprint density at radius 2 is 1.52 bits per heavy atom. The van der Waals surface area contributed by atoms with Gasteiger partial charge in [-0.2, -0.15) is 26.3 Å². The van der Waals surface area contributed by atoms with E-state index in [4.69, 9.17) is 9.47 Å². The zero-order valence-electron chi connectivity index (χ0n) is 11.6. The lowest BCUT2D eigenvalue weighted by Gasteiger charge is -2.31. The molecule has 0 N–H and O–H groups in total. The van der Waals surface area contributed by atoms with Gasteiger partial charge in [-0.15, -0.1) is 0 Å². The minimum absolute atomic E-state index is 0.209. The van der Waals surface area contributed by atoms with Gasteiger partial charge in [0.05, 0.1) is 6.10 Å². The van der Waals surface area contributed by atoms with E-state index >= 15 is 0 Å². The van der Waals surface area contributed by atoms with Gasteiger partial charge in [-0.3, -0.25) is 0 Å². The van der Waals surface area contributed by atoms with E-state index in [0.717, 1.165) is 0 Å². The van der Waals surface area contributed by atoms with Crippen LogP contribution in [0.3, 0.4) is 0 Å². The zero-order valence-corrected chi connectivity index (χ0v) is 11.6. The lowest BCUT2D eigenvalue weighted by atomic mass is 9.95. The summed E-state index contributed by atoms with van der Waals surface area (Å²) in [6.45, 7) is 0.556. The molecule has 0 bridgehead atoms. The SMILES string of the molecule is COC1CCCC(OC2=C(C)C(F)(F)C(F)(F)C2(F)F)C1. The third kappa shape index (κ3) is 2.31. The van der Waals surface area contributed by atoms with Crippen molar-refractivity contribution in [1.82, 2.24) is 0 Å². The minimum Gasteiger partial charge on any atom is -0.488 e. The molecule has 0 aromatic rings. The van der Waals surface area contributed by atoms with Crippen molar-refractivity contribution in [2.75, 3.05) is 7.11 Å². The second kappa shape index (κ2) is 5.07. The molecular formula is C13H16F6O2. The van der Waals surface area contributed by atoms with Gasteiger partial charge >= 0.3 is 17.8 Å². The summed E-state index contributed by atoms with van der Waals surface area (Å²) in [7, 11) is 1.43. The Labute approximate surface area is 118 Å². The van der Waals surface area contributed by atoms with Crippen LogP contribution in [0.15, 0.2) is 11.3 Å². The predicted octanol–water partition coefficient (Wildman–Crippen LogP) is 4.15. The van der Waals surface area contributed by atoms with Gasteiger partial charge in [0.2, 0.25) is 0 Å². The number of rotatable bonds is 3. The highest BCUT2D eigenvalue weighted by Gasteiger charge is 2.80. The normalized spacial score (nSPS) is 34.1. The summed E-state index contributed by atoms with van der Waals surface area (Å²) in [6, 6.07) is 0. The highest BCUT2D eigenvalue weighted by Crippen LogP contribution is 2.59. The maximum absolute atomic E-state index is 13.6. The minimum atomic E-state index is -5.48. The quantitative estimate of drug-likeness (QED) is 0.728. The topological polar surface area (TPSA) is 18.5 Å². The van der Waals surface area contributed by atoms with Crippen LogP contribution in [-0.2, 0) is 9.47 Å². The molecule has 0 aromatic heterocycles. The summed E-state index contributed by atoms with van der Waals surface area (Å²) >= 11 is 0. The number of ether oxygens (including phenoxy) is 2. The van der Waals surface area contributed by atoms with E-state index in [1.165, 1.54) is 7.11 Å². The summed E-state index contributed by atoms with van der Waals surface area (Å²) in [5.41, 5.74) is -1.41. The van der Waals surface area contributed by atoms with E-state index in [0.29, 0.717) is 26.2 Å². The van der Waals surface area contributed by atoms with Crippen LogP contribution >= 0.6 is 0 Å². The Kier molecular flexibility index (Phi) is 3.97. The van der Waals surface area contributed by atoms with Gasteiger partial charge < -0.3 is 9.47 Å². The van der Waals surface area contributed by atoms with Crippen molar-refractivity contribution >= 4 is 0 Å². The fourth-order valence-electron chi connectivity index (χ4n) is 2.71. The van der Waals surface area contributed by atoms with E-state index in [1.54, 1.807) is 0 Å². The number of halogens is 6. The molecule has 0 heterocycles. The summed E-state index contributed by atoms with van der Waals surface area (Å²) < 4.78 is 90.4. The van der Waals surface area contributed by atoms with Crippen molar-refractivity contribution < 1.29 is 35.8 Å². The van der Waals surface area contributed by atoms with E-state index in [1.807, 2.05) is 0 Å². The first kappa shape index (κ1) is 16.5. The first-order valence-electron chi connectivity index (χ1n) is 6.60. The van der Waals surface area contributed by atoms with Crippen LogP contribution in [0.5, 0.6) is 0 Å². The fourth-order valence-corrected chi connectivity index (χ4v) is 2.71. The van der Waals surface area contributed by atoms with E-state index < -0.39 is 35.2 Å². The van der Waals surface area contributed by atoms with Crippen LogP contribution in [0.4, 0.5) is 26.3 Å². The zero-order chi connectivity index (χ0) is 16.1. The van der Waals surface area contributed by atoms with E-state index in [9.17, 15) is 26.3 Å². The molecule has 2 nitrogen and oxygen atoms in total. The molecule has 2 aliphatic carbocycles. The number of allylic oxidation sites excluding steroid dienone is 2. The largest absolute Gasteiger partial charge is 0.488 e. The van der Waals surface area contributed by atoms with Crippen LogP contribution in [0.1, 0.15) is 32.6 Å². The monoisotopic (exact) mass is 318 g/mol. The molecule has 0 amide bonds. The second-order valence-corrected chi connectivity index (χ2v) is 5.44. The van der Waals surface area contributed by atoms with Crippen molar-refractivity contribution in [3.05, 3.63) is 11.3 Å². The Hall–Kier alpha value is -0.920. The van der Waals surface area contributed by atoms with Gasteiger partial charge in [0.15, 0.2) is 5.76 Å². The highest BCUT2D eigenvalue weighted by molar-refractivity contribution is 5.36. The van der Waals surface area contributed by atoms with Gasteiger partial charge in [0.25, 0.3) is 0 Å². The molecule has 0 aliphatic heterocycles. The van der Waals surface area contributed by atoms with E-state index in [2.05, 4.69) is 0 Å². The van der Waals surface area contributed by atoms with Crippen molar-refractivity contribution in [1.29, 1.82) is 0 Å². The van der Waals surface area contributed by atoms with Crippen molar-refractivity contribution in [2.45, 2.75) is 62.6 Å². The lowest BCUT2D eigenvalue weighted by molar-refractivity contribution is -0.273. The van der Waals surface area contributed by atoms with Gasteiger partial charge in [-0.25, -0.2) is 0 Å². The molecular weight excluding hydrogens is 302 g/mol. The van der Waals surface area contributed by atoms with Crippen LogP contribution in [0, 0.1) is 0 Å². The predicted molar refractivity (Wildman–Crippen MR) is 61.7 cm³/mol. The Bertz CT molecular complexity index is 446. The summed E-state index contributed by atoms with van der Waals surface area (Å²) in [5.74, 6) is -17.0. The molecule has 0 spiro atoms. The fraction of sp³-hybridized carbons (Fsp3) is 0.846. The Balaban J connectivity index is 2.24. The number of alkyl halides is 6. The Morgan fingerprint density at radius 3 is 2.00 bits per heavy atom. The average Bonchev–Trinajstić information content (AvgIpc) is 2.50. The summed E-state index contributed by atoms with van der Waals surface area (Å²) in [5, 5.41) is 0. The van der Waals surface area contributed by atoms with Gasteiger partial charge in [0.1, 0.15) is 6.10 Å². The van der Waals surface area contributed by atoms with Crippen LogP contribution in [-0.4, -0.2) is 37.1 Å². The molecule has 2 unspecified atom stereocenters. The molecule has 21 heavy (non-hydrogen) atoms. The van der Waals surface area contributed by atoms with Crippen molar-refractivity contribution in [3.63, 3.8) is 0 Å². The smallest absolute Gasteiger partial charge is 0.383 e. The summed E-state index contributed by atoms with van der Waals surface area (Å²) in [4.78, 5) is 0. The molecule has 0 radical (unpaired) electrons. The van der Waals surface area contributed by atoms with Crippen molar-refractivity contribution in [3.8, 4) is 0 Å². The molecule has 0 saturated heterocycles. The molecule has 8 heteroatoms. The standard InChI is InChI=1S/C13H16F6O2/c1-7-10(12(16,17)13(18,19)11(7,14)15)21-9-5-3-4-8(6-9)20-2/h8-9H,3-6H2,1-2H3. The summed E-state index contributed by atoms with van der Waals surface area (Å²) in [6.07, 6.45) is 0.750. The third-order valence-corrected chi connectivity index (χ3v) is 4.08. The lowest BCUT2D eigenvalue weighted by Crippen LogP contribution is -2.49. The number of hydrogen-bond donors (Lipinski definition) is 0. The van der Waals surface area contributed by atoms with Crippen molar-refractivity contribution in [2.24, 2.45) is 0 Å². The number of methoxy groups -OCH3 is 1. The first-order valence-corrected chi connectivity index (χ1v) is 6.60. The highest BCUT2D eigenvalue weighted by atomic mass is 19.3. The maximum atomic E-state index is 13.6. The van der Waals surface area contributed by atoms with Gasteiger partial charge in [-0.1, -0.05) is 0 Å². The Morgan fingerprint density at radius 1 is 0.952 bits per heavy atom. The van der Waals surface area contributed by atoms with Crippen LogP contribution < -0.4 is 0 Å². The van der Waals surface area contributed by atoms with Crippen LogP contribution in [0.2, 0.25) is 0 Å². The number of hydrogen-bond acceptors (Lipinski definition) is 2. The maximum Gasteiger partial charge on any atom is 0.383 e. The molecule has 2 rings (SSSR count). The van der Waals surface area contributed by atoms with Gasteiger partial charge in [-0.05, 0) is 26.2 Å².